The van der Waals surface area contributed by atoms with Crippen molar-refractivity contribution in [2.45, 2.75) is 52.9 Å². The third kappa shape index (κ3) is 2.88. The minimum absolute atomic E-state index is 0.185. The second-order valence-corrected chi connectivity index (χ2v) is 7.11. The van der Waals surface area contributed by atoms with Gasteiger partial charge in [-0.1, -0.05) is 33.8 Å². The Kier molecular flexibility index (Phi) is 4.46. The van der Waals surface area contributed by atoms with Crippen molar-refractivity contribution in [1.82, 2.24) is 4.98 Å². The van der Waals surface area contributed by atoms with E-state index in [1.807, 2.05) is 0 Å². The molecule has 1 aliphatic rings. The molecule has 0 fully saturated rings. The van der Waals surface area contributed by atoms with Crippen molar-refractivity contribution in [3.8, 4) is 0 Å². The number of halogens is 1. The van der Waals surface area contributed by atoms with Gasteiger partial charge in [-0.15, -0.1) is 5.73 Å². The van der Waals surface area contributed by atoms with E-state index in [4.69, 9.17) is 0 Å². The Morgan fingerprint density at radius 3 is 2.87 bits per heavy atom. The van der Waals surface area contributed by atoms with Crippen LogP contribution in [0.15, 0.2) is 24.4 Å². The molecule has 1 aromatic heterocycles. The molecule has 0 bridgehead atoms. The summed E-state index contributed by atoms with van der Waals surface area (Å²) in [7, 11) is 0. The zero-order chi connectivity index (χ0) is 16.6. The monoisotopic (exact) mass is 311 g/mol. The van der Waals surface area contributed by atoms with Gasteiger partial charge in [0.05, 0.1) is 0 Å². The Morgan fingerprint density at radius 2 is 2.22 bits per heavy atom. The van der Waals surface area contributed by atoms with Gasteiger partial charge in [0.15, 0.2) is 0 Å². The normalized spacial score (nSPS) is 17.3. The van der Waals surface area contributed by atoms with Crippen LogP contribution in [0.1, 0.15) is 56.9 Å². The maximum Gasteiger partial charge on any atom is 0.125 e. The minimum Gasteiger partial charge on any atom is -0.358 e. The summed E-state index contributed by atoms with van der Waals surface area (Å²) >= 11 is 0. The van der Waals surface area contributed by atoms with Crippen LogP contribution < -0.4 is 0 Å². The first-order valence-corrected chi connectivity index (χ1v) is 8.77. The van der Waals surface area contributed by atoms with Crippen molar-refractivity contribution in [3.63, 3.8) is 0 Å². The van der Waals surface area contributed by atoms with Crippen LogP contribution in [-0.2, 0) is 12.8 Å². The molecule has 0 saturated carbocycles. The van der Waals surface area contributed by atoms with Crippen molar-refractivity contribution < 1.29 is 4.39 Å². The third-order valence-electron chi connectivity index (χ3n) is 5.27. The van der Waals surface area contributed by atoms with Gasteiger partial charge >= 0.3 is 0 Å². The van der Waals surface area contributed by atoms with E-state index in [1.54, 1.807) is 12.1 Å². The molecular weight excluding hydrogens is 285 g/mol. The van der Waals surface area contributed by atoms with Crippen LogP contribution in [0.5, 0.6) is 0 Å². The molecule has 3 rings (SSSR count). The maximum absolute atomic E-state index is 14.1. The van der Waals surface area contributed by atoms with Crippen LogP contribution in [0, 0.1) is 17.7 Å². The zero-order valence-corrected chi connectivity index (χ0v) is 14.4. The number of hydrogen-bond donors (Lipinski definition) is 1. The smallest absolute Gasteiger partial charge is 0.125 e. The van der Waals surface area contributed by atoms with E-state index in [2.05, 4.69) is 38.1 Å². The van der Waals surface area contributed by atoms with Crippen LogP contribution in [0.2, 0.25) is 0 Å². The number of H-pyrrole nitrogens is 1. The fourth-order valence-electron chi connectivity index (χ4n) is 3.94. The molecule has 0 saturated heterocycles. The summed E-state index contributed by atoms with van der Waals surface area (Å²) in [6.45, 7) is 10.6. The lowest BCUT2D eigenvalue weighted by Gasteiger charge is -2.25. The predicted octanol–water partition coefficient (Wildman–Crippen LogP) is 6.04. The molecule has 1 heterocycles. The van der Waals surface area contributed by atoms with E-state index >= 15 is 0 Å². The summed E-state index contributed by atoms with van der Waals surface area (Å²) in [6, 6.07) is 3.29. The lowest BCUT2D eigenvalue weighted by atomic mass is 9.80. The second kappa shape index (κ2) is 6.37. The van der Waals surface area contributed by atoms with Gasteiger partial charge in [0, 0.05) is 22.2 Å². The standard InChI is InChI=1S/C21H26FN/c1-5-7-14(6-2)18-11-16(22)12-20-21(18)17-9-8-15(13(3)4)10-19(17)23-20/h11-13,15,23H,2,5,7-10H2,1,3-4H3. The van der Waals surface area contributed by atoms with Gasteiger partial charge < -0.3 is 4.98 Å². The molecule has 0 aliphatic heterocycles. The first kappa shape index (κ1) is 16.1. The Hall–Kier alpha value is -1.79. The van der Waals surface area contributed by atoms with Crippen LogP contribution in [-0.4, -0.2) is 4.98 Å². The molecule has 1 unspecified atom stereocenters. The van der Waals surface area contributed by atoms with Gasteiger partial charge in [0.2, 0.25) is 0 Å². The number of aryl methyl sites for hydroxylation is 1. The Balaban J connectivity index is 2.18. The quantitative estimate of drug-likeness (QED) is 0.663. The number of allylic oxidation sites excluding steroid dienone is 1. The van der Waals surface area contributed by atoms with E-state index < -0.39 is 0 Å². The highest BCUT2D eigenvalue weighted by Gasteiger charge is 2.26. The Bertz CT molecular complexity index is 775. The molecule has 0 radical (unpaired) electrons. The van der Waals surface area contributed by atoms with Crippen molar-refractivity contribution in [2.75, 3.05) is 0 Å². The summed E-state index contributed by atoms with van der Waals surface area (Å²) in [4.78, 5) is 3.50. The Morgan fingerprint density at radius 1 is 1.43 bits per heavy atom. The van der Waals surface area contributed by atoms with E-state index in [0.29, 0.717) is 11.8 Å². The Labute approximate surface area is 138 Å². The van der Waals surface area contributed by atoms with Gasteiger partial charge in [0.25, 0.3) is 0 Å². The van der Waals surface area contributed by atoms with Crippen LogP contribution in [0.4, 0.5) is 4.39 Å². The van der Waals surface area contributed by atoms with Gasteiger partial charge in [-0.3, -0.25) is 0 Å². The molecular formula is C21H26FN. The highest BCUT2D eigenvalue weighted by atomic mass is 19.1. The summed E-state index contributed by atoms with van der Waals surface area (Å²) in [5, 5.41) is 1.20. The zero-order valence-electron chi connectivity index (χ0n) is 14.4. The fourth-order valence-corrected chi connectivity index (χ4v) is 3.94. The SMILES string of the molecule is C=C=C(CCC)c1cc(F)cc2[nH]c3c(c12)CCC(C(C)C)C3. The number of aromatic nitrogens is 1. The summed E-state index contributed by atoms with van der Waals surface area (Å²) in [5.41, 5.74) is 8.68. The lowest BCUT2D eigenvalue weighted by Crippen LogP contribution is -2.18. The average Bonchev–Trinajstić information content (AvgIpc) is 2.88. The summed E-state index contributed by atoms with van der Waals surface area (Å²) < 4.78 is 14.1. The highest BCUT2D eigenvalue weighted by molar-refractivity contribution is 5.95. The van der Waals surface area contributed by atoms with Crippen molar-refractivity contribution in [1.29, 1.82) is 0 Å². The molecule has 122 valence electrons. The molecule has 2 heteroatoms. The maximum atomic E-state index is 14.1. The minimum atomic E-state index is -0.185. The van der Waals surface area contributed by atoms with Gasteiger partial charge in [-0.25, -0.2) is 4.39 Å². The molecule has 1 aliphatic carbocycles. The third-order valence-corrected chi connectivity index (χ3v) is 5.27. The fraction of sp³-hybridized carbons (Fsp3) is 0.476. The van der Waals surface area contributed by atoms with E-state index in [9.17, 15) is 4.39 Å². The van der Waals surface area contributed by atoms with Gasteiger partial charge in [-0.05, 0) is 60.8 Å². The van der Waals surface area contributed by atoms with Crippen molar-refractivity contribution in [2.24, 2.45) is 11.8 Å². The highest BCUT2D eigenvalue weighted by Crippen LogP contribution is 2.38. The molecule has 0 amide bonds. The molecule has 1 N–H and O–H groups in total. The van der Waals surface area contributed by atoms with E-state index in [1.165, 1.54) is 23.1 Å². The molecule has 0 spiro atoms. The van der Waals surface area contributed by atoms with Crippen LogP contribution in [0.3, 0.4) is 0 Å². The molecule has 2 aromatic rings. The number of fused-ring (bicyclic) bond motifs is 3. The molecule has 1 atom stereocenters. The molecule has 23 heavy (non-hydrogen) atoms. The summed E-state index contributed by atoms with van der Waals surface area (Å²) in [6.07, 6.45) is 5.26. The van der Waals surface area contributed by atoms with Crippen LogP contribution >= 0.6 is 0 Å². The van der Waals surface area contributed by atoms with Crippen LogP contribution in [0.25, 0.3) is 16.5 Å². The molecule has 1 nitrogen and oxygen atoms in total. The number of benzene rings is 1. The topological polar surface area (TPSA) is 15.8 Å². The largest absolute Gasteiger partial charge is 0.358 e. The van der Waals surface area contributed by atoms with Gasteiger partial charge in [-0.2, -0.15) is 0 Å². The first-order valence-electron chi connectivity index (χ1n) is 8.77. The van der Waals surface area contributed by atoms with E-state index in [0.717, 1.165) is 42.3 Å². The van der Waals surface area contributed by atoms with Gasteiger partial charge in [0.1, 0.15) is 5.82 Å². The number of rotatable bonds is 4. The summed E-state index contributed by atoms with van der Waals surface area (Å²) in [5.74, 6) is 1.22. The average molecular weight is 311 g/mol. The molecule has 1 aromatic carbocycles. The van der Waals surface area contributed by atoms with E-state index in [-0.39, 0.29) is 5.82 Å². The predicted molar refractivity (Wildman–Crippen MR) is 96.1 cm³/mol. The number of aromatic amines is 1. The lowest BCUT2D eigenvalue weighted by molar-refractivity contribution is 0.341. The first-order chi connectivity index (χ1) is 11.0. The van der Waals surface area contributed by atoms with Crippen molar-refractivity contribution >= 4 is 16.5 Å². The number of nitrogens with one attached hydrogen (secondary N) is 1. The van der Waals surface area contributed by atoms with Crippen molar-refractivity contribution in [3.05, 3.63) is 47.1 Å². The second-order valence-electron chi connectivity index (χ2n) is 7.11. The number of hydrogen-bond acceptors (Lipinski definition) is 0.